The van der Waals surface area contributed by atoms with Crippen LogP contribution in [0.15, 0.2) is 60.7 Å². The highest BCUT2D eigenvalue weighted by atomic mass is 16.5. The number of anilines is 2. The minimum absolute atomic E-state index is 0.137. The third-order valence-corrected chi connectivity index (χ3v) is 5.65. The van der Waals surface area contributed by atoms with E-state index < -0.39 is 6.17 Å². The average Bonchev–Trinajstić information content (AvgIpc) is 2.87. The van der Waals surface area contributed by atoms with E-state index in [0.717, 1.165) is 11.3 Å². The summed E-state index contributed by atoms with van der Waals surface area (Å²) in [5.41, 5.74) is 2.81. The number of benzene rings is 3. The molecule has 0 radical (unpaired) electrons. The highest BCUT2D eigenvalue weighted by molar-refractivity contribution is 6.12. The smallest absolute Gasteiger partial charge is 0.262 e. The van der Waals surface area contributed by atoms with E-state index in [4.69, 9.17) is 18.9 Å². The van der Waals surface area contributed by atoms with Crippen molar-refractivity contribution in [1.82, 2.24) is 0 Å². The number of hydrogen-bond acceptors (Lipinski definition) is 6. The van der Waals surface area contributed by atoms with Gasteiger partial charge in [0.05, 0.1) is 39.2 Å². The number of para-hydroxylation sites is 1. The van der Waals surface area contributed by atoms with Crippen LogP contribution in [0.25, 0.3) is 0 Å². The number of carbonyl (C=O) groups excluding carboxylic acids is 1. The Morgan fingerprint density at radius 1 is 0.882 bits per heavy atom. The molecule has 34 heavy (non-hydrogen) atoms. The lowest BCUT2D eigenvalue weighted by Gasteiger charge is -2.38. The maximum atomic E-state index is 13.8. The molecule has 1 N–H and O–H groups in total. The van der Waals surface area contributed by atoms with Crippen LogP contribution in [0.2, 0.25) is 0 Å². The highest BCUT2D eigenvalue weighted by Gasteiger charge is 2.36. The summed E-state index contributed by atoms with van der Waals surface area (Å²) in [5, 5.41) is 3.52. The Morgan fingerprint density at radius 3 is 2.35 bits per heavy atom. The molecule has 1 heterocycles. The number of ether oxygens (including phenoxy) is 4. The maximum absolute atomic E-state index is 13.8. The Balaban J connectivity index is 1.82. The number of fused-ring (bicyclic) bond motifs is 1. The van der Waals surface area contributed by atoms with Gasteiger partial charge in [-0.3, -0.25) is 9.69 Å². The van der Waals surface area contributed by atoms with Gasteiger partial charge in [-0.2, -0.15) is 0 Å². The van der Waals surface area contributed by atoms with Gasteiger partial charge in [-0.05, 0) is 47.9 Å². The molecule has 1 amide bonds. The van der Waals surface area contributed by atoms with Gasteiger partial charge in [-0.25, -0.2) is 0 Å². The predicted molar refractivity (Wildman–Crippen MR) is 132 cm³/mol. The van der Waals surface area contributed by atoms with Gasteiger partial charge in [0, 0.05) is 11.8 Å². The molecule has 3 aromatic carbocycles. The number of methoxy groups -OCH3 is 3. The van der Waals surface area contributed by atoms with Crippen molar-refractivity contribution in [2.75, 3.05) is 38.2 Å². The van der Waals surface area contributed by atoms with Crippen LogP contribution in [0.3, 0.4) is 0 Å². The number of amides is 1. The Kier molecular flexibility index (Phi) is 6.82. The summed E-state index contributed by atoms with van der Waals surface area (Å²) in [6.07, 6.45) is -0.502. The van der Waals surface area contributed by atoms with Crippen molar-refractivity contribution in [1.29, 1.82) is 0 Å². The third kappa shape index (κ3) is 4.46. The molecule has 1 aliphatic heterocycles. The first kappa shape index (κ1) is 23.3. The lowest BCUT2D eigenvalue weighted by Crippen LogP contribution is -2.43. The first-order valence-corrected chi connectivity index (χ1v) is 11.2. The van der Waals surface area contributed by atoms with Gasteiger partial charge in [0.1, 0.15) is 17.7 Å². The van der Waals surface area contributed by atoms with Crippen molar-refractivity contribution >= 4 is 17.3 Å². The molecular formula is C27H30N2O5. The fourth-order valence-electron chi connectivity index (χ4n) is 3.95. The predicted octanol–water partition coefficient (Wildman–Crippen LogP) is 5.52. The van der Waals surface area contributed by atoms with E-state index in [2.05, 4.69) is 19.2 Å². The van der Waals surface area contributed by atoms with Crippen molar-refractivity contribution in [3.63, 3.8) is 0 Å². The number of nitrogens with one attached hydrogen (secondary N) is 1. The number of carbonyl (C=O) groups is 1. The summed E-state index contributed by atoms with van der Waals surface area (Å²) in [5.74, 6) is 2.69. The van der Waals surface area contributed by atoms with Crippen molar-refractivity contribution in [3.8, 4) is 23.0 Å². The van der Waals surface area contributed by atoms with E-state index >= 15 is 0 Å². The van der Waals surface area contributed by atoms with E-state index in [9.17, 15) is 4.79 Å². The summed E-state index contributed by atoms with van der Waals surface area (Å²) in [6, 6.07) is 18.6. The fraction of sp³-hybridized carbons (Fsp3) is 0.296. The second-order valence-corrected chi connectivity index (χ2v) is 8.42. The zero-order valence-corrected chi connectivity index (χ0v) is 20.1. The molecule has 0 saturated carbocycles. The SMILES string of the molecule is COc1ccc(N2C(=O)c3ccccc3NC2c2ccc(OCC(C)C)c(OC)c2)c(OC)c1. The van der Waals surface area contributed by atoms with Crippen LogP contribution in [0.4, 0.5) is 11.4 Å². The molecule has 178 valence electrons. The van der Waals surface area contributed by atoms with Gasteiger partial charge in [-0.1, -0.05) is 32.0 Å². The van der Waals surface area contributed by atoms with Gasteiger partial charge < -0.3 is 24.3 Å². The van der Waals surface area contributed by atoms with Gasteiger partial charge in [0.15, 0.2) is 11.5 Å². The quantitative estimate of drug-likeness (QED) is 0.476. The molecule has 0 aromatic heterocycles. The molecule has 7 nitrogen and oxygen atoms in total. The van der Waals surface area contributed by atoms with E-state index in [0.29, 0.717) is 46.8 Å². The molecule has 0 spiro atoms. The van der Waals surface area contributed by atoms with Crippen molar-refractivity contribution in [2.24, 2.45) is 5.92 Å². The first-order valence-electron chi connectivity index (χ1n) is 11.2. The Bertz CT molecular complexity index is 1180. The number of rotatable bonds is 8. The highest BCUT2D eigenvalue weighted by Crippen LogP contribution is 2.43. The monoisotopic (exact) mass is 462 g/mol. The van der Waals surface area contributed by atoms with Crippen LogP contribution in [0.1, 0.15) is 35.9 Å². The van der Waals surface area contributed by atoms with Crippen LogP contribution in [-0.4, -0.2) is 33.8 Å². The molecule has 0 saturated heterocycles. The van der Waals surface area contributed by atoms with Crippen LogP contribution >= 0.6 is 0 Å². The van der Waals surface area contributed by atoms with Crippen LogP contribution < -0.4 is 29.2 Å². The molecule has 4 rings (SSSR count). The summed E-state index contributed by atoms with van der Waals surface area (Å²) in [4.78, 5) is 15.5. The van der Waals surface area contributed by atoms with E-state index in [1.165, 1.54) is 0 Å². The summed E-state index contributed by atoms with van der Waals surface area (Å²) in [7, 11) is 4.78. The Labute approximate surface area is 200 Å². The molecule has 3 aromatic rings. The Morgan fingerprint density at radius 2 is 1.65 bits per heavy atom. The largest absolute Gasteiger partial charge is 0.497 e. The average molecular weight is 463 g/mol. The minimum Gasteiger partial charge on any atom is -0.497 e. The second kappa shape index (κ2) is 9.95. The van der Waals surface area contributed by atoms with Crippen molar-refractivity contribution in [2.45, 2.75) is 20.0 Å². The van der Waals surface area contributed by atoms with E-state index in [1.807, 2.05) is 54.6 Å². The fourth-order valence-corrected chi connectivity index (χ4v) is 3.95. The molecule has 0 aliphatic carbocycles. The number of hydrogen-bond donors (Lipinski definition) is 1. The van der Waals surface area contributed by atoms with Crippen LogP contribution in [-0.2, 0) is 0 Å². The van der Waals surface area contributed by atoms with E-state index in [-0.39, 0.29) is 5.91 Å². The maximum Gasteiger partial charge on any atom is 0.262 e. The molecule has 1 atom stereocenters. The van der Waals surface area contributed by atoms with Gasteiger partial charge in [-0.15, -0.1) is 0 Å². The van der Waals surface area contributed by atoms with Gasteiger partial charge in [0.2, 0.25) is 0 Å². The van der Waals surface area contributed by atoms with Gasteiger partial charge in [0.25, 0.3) is 5.91 Å². The normalized spacial score (nSPS) is 14.9. The van der Waals surface area contributed by atoms with E-state index in [1.54, 1.807) is 32.3 Å². The zero-order valence-electron chi connectivity index (χ0n) is 20.1. The summed E-state index contributed by atoms with van der Waals surface area (Å²) in [6.45, 7) is 4.77. The molecule has 7 heteroatoms. The lowest BCUT2D eigenvalue weighted by molar-refractivity contribution is 0.0974. The van der Waals surface area contributed by atoms with Crippen LogP contribution in [0.5, 0.6) is 23.0 Å². The summed E-state index contributed by atoms with van der Waals surface area (Å²) >= 11 is 0. The molecule has 1 unspecified atom stereocenters. The van der Waals surface area contributed by atoms with Crippen LogP contribution in [0, 0.1) is 5.92 Å². The lowest BCUT2D eigenvalue weighted by atomic mass is 10.0. The standard InChI is InChI=1S/C27H30N2O5/c1-17(2)16-34-23-13-10-18(14-25(23)33-5)26-28-21-9-7-6-8-20(21)27(30)29(26)22-12-11-19(31-3)15-24(22)32-4/h6-15,17,26,28H,16H2,1-5H3. The topological polar surface area (TPSA) is 69.3 Å². The van der Waals surface area contributed by atoms with Crippen molar-refractivity contribution in [3.05, 3.63) is 71.8 Å². The van der Waals surface area contributed by atoms with Gasteiger partial charge >= 0.3 is 0 Å². The summed E-state index contributed by atoms with van der Waals surface area (Å²) < 4.78 is 22.5. The molecule has 0 bridgehead atoms. The second-order valence-electron chi connectivity index (χ2n) is 8.42. The first-order chi connectivity index (χ1) is 16.5. The third-order valence-electron chi connectivity index (χ3n) is 5.65. The van der Waals surface area contributed by atoms with Crippen molar-refractivity contribution < 1.29 is 23.7 Å². The molecule has 1 aliphatic rings. The Hall–Kier alpha value is -3.87. The minimum atomic E-state index is -0.502. The zero-order chi connectivity index (χ0) is 24.2. The molecule has 0 fully saturated rings. The number of nitrogens with zero attached hydrogens (tertiary/aromatic N) is 1. The molecular weight excluding hydrogens is 432 g/mol.